The Balaban J connectivity index is 1.33. The van der Waals surface area contributed by atoms with Crippen molar-refractivity contribution in [2.75, 3.05) is 26.9 Å². The van der Waals surface area contributed by atoms with Gasteiger partial charge in [0.05, 0.1) is 26.9 Å². The second-order valence-electron chi connectivity index (χ2n) is 13.1. The molecule has 6 rings (SSSR count). The Kier molecular flexibility index (Phi) is 12.5. The summed E-state index contributed by atoms with van der Waals surface area (Å²) < 4.78 is 45.3. The molecule has 3 aliphatic rings. The lowest BCUT2D eigenvalue weighted by Crippen LogP contribution is -2.67. The van der Waals surface area contributed by atoms with E-state index in [1.54, 1.807) is 0 Å². The molecule has 21 nitrogen and oxygen atoms in total. The minimum atomic E-state index is -2.00. The van der Waals surface area contributed by atoms with Crippen LogP contribution in [-0.4, -0.2) is 180 Å². The van der Waals surface area contributed by atoms with E-state index in [1.807, 2.05) is 0 Å². The van der Waals surface area contributed by atoms with Crippen molar-refractivity contribution in [3.05, 3.63) is 46.6 Å². The second-order valence-corrected chi connectivity index (χ2v) is 13.1. The molecular formula is C34H42O21. The van der Waals surface area contributed by atoms with Crippen molar-refractivity contribution in [3.63, 3.8) is 0 Å². The molecular weight excluding hydrogens is 744 g/mol. The summed E-state index contributed by atoms with van der Waals surface area (Å²) in [4.78, 5) is 13.1. The van der Waals surface area contributed by atoms with Gasteiger partial charge in [-0.3, -0.25) is 4.79 Å². The van der Waals surface area contributed by atoms with Crippen LogP contribution in [0.3, 0.4) is 0 Å². The van der Waals surface area contributed by atoms with E-state index in [0.717, 1.165) is 12.1 Å². The highest BCUT2D eigenvalue weighted by molar-refractivity contribution is 5.86. The smallest absolute Gasteiger partial charge is 0.229 e. The van der Waals surface area contributed by atoms with Crippen LogP contribution in [0.15, 0.2) is 45.6 Å². The van der Waals surface area contributed by atoms with Gasteiger partial charge in [-0.05, 0) is 18.2 Å². The van der Waals surface area contributed by atoms with E-state index in [-0.39, 0.29) is 34.0 Å². The van der Waals surface area contributed by atoms with Gasteiger partial charge in [0, 0.05) is 23.8 Å². The summed E-state index contributed by atoms with van der Waals surface area (Å²) in [6.45, 7) is -2.56. The highest BCUT2D eigenvalue weighted by Crippen LogP contribution is 2.37. The predicted molar refractivity (Wildman–Crippen MR) is 177 cm³/mol. The average molecular weight is 787 g/mol. The van der Waals surface area contributed by atoms with E-state index in [4.69, 9.17) is 37.6 Å². The second kappa shape index (κ2) is 16.8. The maximum Gasteiger partial charge on any atom is 0.229 e. The lowest BCUT2D eigenvalue weighted by atomic mass is 9.96. The molecule has 3 aromatic rings. The molecule has 1 aromatic heterocycles. The molecule has 3 fully saturated rings. The number of methoxy groups -OCH3 is 1. The fourth-order valence-corrected chi connectivity index (χ4v) is 6.51. The maximum absolute atomic E-state index is 13.1. The summed E-state index contributed by atoms with van der Waals surface area (Å²) in [6, 6.07) is 7.43. The number of fused-ring (bicyclic) bond motifs is 1. The van der Waals surface area contributed by atoms with Crippen molar-refractivity contribution in [1.29, 1.82) is 0 Å². The van der Waals surface area contributed by atoms with Gasteiger partial charge in [-0.25, -0.2) is 0 Å². The SMILES string of the molecule is COc1cc(-c2cc(=O)c3c(O)cc(O[C@@H]4O[C@H](CO)[C@@H](O)[C@H](O)[C@H]4O[C@@H]4O[C@H](CO)[C@@H](O)[C@H](O)[C@@H]4O[C@@H]4O[C@H](CO)[C@@H](O)[C@H](O)[C@H]4O)cc3o2)ccc1O. The molecule has 0 bridgehead atoms. The lowest BCUT2D eigenvalue weighted by Gasteiger charge is -2.48. The van der Waals surface area contributed by atoms with Gasteiger partial charge in [0.15, 0.2) is 35.6 Å². The Hall–Kier alpha value is -3.75. The summed E-state index contributed by atoms with van der Waals surface area (Å²) in [5.74, 6) is -0.983. The highest BCUT2D eigenvalue weighted by atomic mass is 16.8. The zero-order valence-electron chi connectivity index (χ0n) is 28.8. The van der Waals surface area contributed by atoms with Gasteiger partial charge in [-0.15, -0.1) is 0 Å². The molecule has 0 unspecified atom stereocenters. The number of hydrogen-bond donors (Lipinski definition) is 12. The molecule has 0 saturated carbocycles. The number of ether oxygens (including phenoxy) is 7. The molecule has 0 spiro atoms. The molecule has 15 atom stereocenters. The Bertz CT molecular complexity index is 1840. The number of phenols is 2. The Morgan fingerprint density at radius 2 is 1.16 bits per heavy atom. The van der Waals surface area contributed by atoms with Gasteiger partial charge in [-0.2, -0.15) is 0 Å². The number of hydrogen-bond acceptors (Lipinski definition) is 21. The molecule has 21 heteroatoms. The maximum atomic E-state index is 13.1. The molecule has 3 aliphatic heterocycles. The zero-order chi connectivity index (χ0) is 39.9. The fourth-order valence-electron chi connectivity index (χ4n) is 6.51. The van der Waals surface area contributed by atoms with Crippen molar-refractivity contribution in [2.24, 2.45) is 0 Å². The van der Waals surface area contributed by atoms with Crippen LogP contribution in [0.5, 0.6) is 23.0 Å². The molecule has 0 aliphatic carbocycles. The van der Waals surface area contributed by atoms with Crippen LogP contribution >= 0.6 is 0 Å². The minimum absolute atomic E-state index is 0.000406. The van der Waals surface area contributed by atoms with Crippen LogP contribution in [0.4, 0.5) is 0 Å². The summed E-state index contributed by atoms with van der Waals surface area (Å²) >= 11 is 0. The van der Waals surface area contributed by atoms with Crippen molar-refractivity contribution < 1.29 is 98.9 Å². The van der Waals surface area contributed by atoms with Crippen LogP contribution in [0.2, 0.25) is 0 Å². The summed E-state index contributed by atoms with van der Waals surface area (Å²) in [7, 11) is 1.32. The quantitative estimate of drug-likeness (QED) is 0.0875. The standard InChI is InChI=1S/C34H42O21/c1-48-17-4-11(2-3-13(17)38)16-7-15(40)22-14(39)5-12(6-18(22)50-16)49-33-30(27(45)24(42)20(9-36)52-33)55-34-31(28(46)25(43)21(10-37)53-34)54-32-29(47)26(44)23(41)19(8-35)51-32/h2-7,19-21,23-39,41-47H,8-10H2,1H3/t19-,20-,21-,23-,24-,25-,26+,27+,28+,29-,30-,31+,32+,33-,34+/m1/s1. The topological polar surface area (TPSA) is 338 Å². The summed E-state index contributed by atoms with van der Waals surface area (Å²) in [5, 5.41) is 125. The van der Waals surface area contributed by atoms with E-state index in [1.165, 1.54) is 31.4 Å². The molecule has 0 radical (unpaired) electrons. The fraction of sp³-hybridized carbons (Fsp3) is 0.559. The first-order chi connectivity index (χ1) is 26.2. The van der Waals surface area contributed by atoms with Crippen LogP contribution in [0, 0.1) is 0 Å². The van der Waals surface area contributed by atoms with E-state index < -0.39 is 123 Å². The summed E-state index contributed by atoms with van der Waals surface area (Å²) in [5.41, 5.74) is -0.558. The Morgan fingerprint density at radius 3 is 1.76 bits per heavy atom. The molecule has 2 aromatic carbocycles. The van der Waals surface area contributed by atoms with E-state index in [9.17, 15) is 66.1 Å². The van der Waals surface area contributed by atoms with E-state index >= 15 is 0 Å². The van der Waals surface area contributed by atoms with Crippen LogP contribution < -0.4 is 14.9 Å². The number of rotatable bonds is 11. The highest BCUT2D eigenvalue weighted by Gasteiger charge is 2.54. The molecule has 55 heavy (non-hydrogen) atoms. The van der Waals surface area contributed by atoms with Crippen LogP contribution in [0.1, 0.15) is 0 Å². The van der Waals surface area contributed by atoms with Crippen molar-refractivity contribution >= 4 is 11.0 Å². The predicted octanol–water partition coefficient (Wildman–Crippen LogP) is -4.29. The number of aliphatic hydroxyl groups excluding tert-OH is 10. The van der Waals surface area contributed by atoms with Gasteiger partial charge < -0.3 is 98.9 Å². The molecule has 3 saturated heterocycles. The van der Waals surface area contributed by atoms with Crippen molar-refractivity contribution in [3.8, 4) is 34.3 Å². The van der Waals surface area contributed by atoms with Gasteiger partial charge in [0.2, 0.25) is 6.29 Å². The molecule has 0 amide bonds. The van der Waals surface area contributed by atoms with Crippen LogP contribution in [0.25, 0.3) is 22.3 Å². The molecule has 4 heterocycles. The van der Waals surface area contributed by atoms with E-state index in [2.05, 4.69) is 0 Å². The average Bonchev–Trinajstić information content (AvgIpc) is 3.16. The number of phenolic OH excluding ortho intramolecular Hbond substituents is 2. The third-order valence-corrected chi connectivity index (χ3v) is 9.58. The van der Waals surface area contributed by atoms with Crippen molar-refractivity contribution in [1.82, 2.24) is 0 Å². The normalized spacial score (nSPS) is 36.8. The molecule has 12 N–H and O–H groups in total. The first-order valence-electron chi connectivity index (χ1n) is 16.9. The third kappa shape index (κ3) is 7.96. The van der Waals surface area contributed by atoms with Crippen LogP contribution in [-0.2, 0) is 23.7 Å². The lowest BCUT2D eigenvalue weighted by molar-refractivity contribution is -0.389. The number of benzene rings is 2. The van der Waals surface area contributed by atoms with E-state index in [0.29, 0.717) is 5.56 Å². The largest absolute Gasteiger partial charge is 0.507 e. The Labute approximate surface area is 309 Å². The number of aromatic hydroxyl groups is 2. The van der Waals surface area contributed by atoms with Crippen molar-refractivity contribution in [2.45, 2.75) is 92.1 Å². The number of aliphatic hydroxyl groups is 10. The van der Waals surface area contributed by atoms with Gasteiger partial charge in [-0.1, -0.05) is 0 Å². The van der Waals surface area contributed by atoms with Gasteiger partial charge in [0.25, 0.3) is 0 Å². The van der Waals surface area contributed by atoms with Gasteiger partial charge >= 0.3 is 0 Å². The van der Waals surface area contributed by atoms with Gasteiger partial charge in [0.1, 0.15) is 95.4 Å². The summed E-state index contributed by atoms with van der Waals surface area (Å²) in [6.07, 6.45) is -27.2. The third-order valence-electron chi connectivity index (χ3n) is 9.58. The molecule has 304 valence electrons. The minimum Gasteiger partial charge on any atom is -0.507 e. The first-order valence-corrected chi connectivity index (χ1v) is 16.9. The monoisotopic (exact) mass is 786 g/mol. The Morgan fingerprint density at radius 1 is 0.618 bits per heavy atom. The first kappa shape index (κ1) is 40.9. The zero-order valence-corrected chi connectivity index (χ0v) is 28.8.